The molecule has 0 bridgehead atoms. The molecule has 0 aliphatic heterocycles. The number of non-ortho nitro benzene ring substituents is 1. The minimum atomic E-state index is -0.480. The molecule has 0 radical (unpaired) electrons. The van der Waals surface area contributed by atoms with Gasteiger partial charge in [-0.3, -0.25) is 20.2 Å². The van der Waals surface area contributed by atoms with Crippen LogP contribution in [-0.4, -0.2) is 15.8 Å². The molecule has 2 aromatic carbocycles. The summed E-state index contributed by atoms with van der Waals surface area (Å²) in [5.74, 6) is -0.697. The highest BCUT2D eigenvalue weighted by atomic mass is 32.1. The van der Waals surface area contributed by atoms with Gasteiger partial charge in [0.05, 0.1) is 21.8 Å². The zero-order chi connectivity index (χ0) is 20.4. The molecule has 2 aromatic heterocycles. The zero-order valence-corrected chi connectivity index (χ0v) is 15.5. The molecule has 0 saturated heterocycles. The lowest BCUT2D eigenvalue weighted by atomic mass is 10.1. The van der Waals surface area contributed by atoms with E-state index in [4.69, 9.17) is 4.42 Å². The molecule has 29 heavy (non-hydrogen) atoms. The van der Waals surface area contributed by atoms with E-state index in [-0.39, 0.29) is 17.3 Å². The second kappa shape index (κ2) is 7.64. The van der Waals surface area contributed by atoms with E-state index in [9.17, 15) is 19.3 Å². The summed E-state index contributed by atoms with van der Waals surface area (Å²) < 4.78 is 18.4. The number of hydrogen-bond donors (Lipinski definition) is 1. The largest absolute Gasteiger partial charge is 0.459 e. The van der Waals surface area contributed by atoms with Crippen LogP contribution in [0.3, 0.4) is 0 Å². The SMILES string of the molecule is O=C(Nc1nc(-c2ccc(F)cc2)c(-c2ccc([N+](=O)[O-])cc2)s1)c1ccco1. The number of rotatable bonds is 5. The molecule has 9 heteroatoms. The number of amides is 1. The van der Waals surface area contributed by atoms with Crippen LogP contribution in [0.5, 0.6) is 0 Å². The topological polar surface area (TPSA) is 98.3 Å². The van der Waals surface area contributed by atoms with Crippen LogP contribution in [0.25, 0.3) is 21.7 Å². The molecule has 1 amide bonds. The molecule has 4 rings (SSSR count). The number of nitrogens with zero attached hydrogens (tertiary/aromatic N) is 2. The Morgan fingerprint density at radius 3 is 2.38 bits per heavy atom. The van der Waals surface area contributed by atoms with Crippen LogP contribution in [-0.2, 0) is 0 Å². The molecule has 0 spiro atoms. The molecule has 0 aliphatic rings. The van der Waals surface area contributed by atoms with Gasteiger partial charge in [0.25, 0.3) is 11.6 Å². The lowest BCUT2D eigenvalue weighted by Gasteiger charge is -2.03. The van der Waals surface area contributed by atoms with Gasteiger partial charge in [-0.15, -0.1) is 0 Å². The van der Waals surface area contributed by atoms with E-state index in [2.05, 4.69) is 10.3 Å². The number of carbonyl (C=O) groups is 1. The predicted octanol–water partition coefficient (Wildman–Crippen LogP) is 5.37. The molecule has 0 unspecified atom stereocenters. The highest BCUT2D eigenvalue weighted by molar-refractivity contribution is 7.19. The third-order valence-corrected chi connectivity index (χ3v) is 5.07. The smallest absolute Gasteiger partial charge is 0.293 e. The first-order chi connectivity index (χ1) is 14.0. The van der Waals surface area contributed by atoms with Crippen LogP contribution >= 0.6 is 11.3 Å². The highest BCUT2D eigenvalue weighted by Crippen LogP contribution is 2.39. The summed E-state index contributed by atoms with van der Waals surface area (Å²) in [4.78, 5) is 27.9. The maximum Gasteiger partial charge on any atom is 0.293 e. The minimum Gasteiger partial charge on any atom is -0.459 e. The number of furan rings is 1. The van der Waals surface area contributed by atoms with Crippen molar-refractivity contribution in [3.05, 3.63) is 88.6 Å². The van der Waals surface area contributed by atoms with Crippen molar-refractivity contribution in [3.63, 3.8) is 0 Å². The summed E-state index contributed by atoms with van der Waals surface area (Å²) >= 11 is 1.20. The summed E-state index contributed by atoms with van der Waals surface area (Å²) in [5, 5.41) is 13.9. The van der Waals surface area contributed by atoms with Crippen LogP contribution in [0.2, 0.25) is 0 Å². The van der Waals surface area contributed by atoms with E-state index in [1.807, 2.05) is 0 Å². The summed E-state index contributed by atoms with van der Waals surface area (Å²) in [5.41, 5.74) is 1.83. The fraction of sp³-hybridized carbons (Fsp3) is 0. The van der Waals surface area contributed by atoms with Crippen molar-refractivity contribution < 1.29 is 18.5 Å². The Morgan fingerprint density at radius 2 is 1.76 bits per heavy atom. The van der Waals surface area contributed by atoms with Crippen molar-refractivity contribution in [1.29, 1.82) is 0 Å². The van der Waals surface area contributed by atoms with Gasteiger partial charge < -0.3 is 4.42 Å². The number of anilines is 1. The fourth-order valence-corrected chi connectivity index (χ4v) is 3.66. The summed E-state index contributed by atoms with van der Waals surface area (Å²) in [6.45, 7) is 0. The standard InChI is InChI=1S/C20H12FN3O4S/c21-14-7-3-12(4-8-14)17-18(13-5-9-15(10-6-13)24(26)27)29-20(22-17)23-19(25)16-2-1-11-28-16/h1-11H,(H,22,23,25). The number of hydrogen-bond acceptors (Lipinski definition) is 6. The van der Waals surface area contributed by atoms with Crippen molar-refractivity contribution in [2.45, 2.75) is 0 Å². The first kappa shape index (κ1) is 18.5. The quantitative estimate of drug-likeness (QED) is 0.353. The van der Waals surface area contributed by atoms with E-state index in [0.29, 0.717) is 26.8 Å². The van der Waals surface area contributed by atoms with Gasteiger partial charge in [-0.25, -0.2) is 9.37 Å². The normalized spacial score (nSPS) is 10.7. The molecule has 144 valence electrons. The minimum absolute atomic E-state index is 0.0343. The zero-order valence-electron chi connectivity index (χ0n) is 14.7. The molecule has 1 N–H and O–H groups in total. The molecule has 4 aromatic rings. The van der Waals surface area contributed by atoms with Crippen molar-refractivity contribution in [3.8, 4) is 21.7 Å². The van der Waals surface area contributed by atoms with E-state index in [0.717, 1.165) is 0 Å². The summed E-state index contributed by atoms with van der Waals surface area (Å²) in [6, 6.07) is 14.9. The van der Waals surface area contributed by atoms with Crippen molar-refractivity contribution >= 4 is 28.1 Å². The van der Waals surface area contributed by atoms with Crippen LogP contribution < -0.4 is 5.32 Å². The van der Waals surface area contributed by atoms with Gasteiger partial charge in [-0.05, 0) is 54.1 Å². The number of nitrogens with one attached hydrogen (secondary N) is 1. The third kappa shape index (κ3) is 3.90. The third-order valence-electron chi connectivity index (χ3n) is 4.05. The van der Waals surface area contributed by atoms with Crippen molar-refractivity contribution in [1.82, 2.24) is 4.98 Å². The lowest BCUT2D eigenvalue weighted by molar-refractivity contribution is -0.384. The second-order valence-corrected chi connectivity index (χ2v) is 6.94. The molecule has 0 fully saturated rings. The van der Waals surface area contributed by atoms with Crippen LogP contribution in [0.4, 0.5) is 15.2 Å². The van der Waals surface area contributed by atoms with Gasteiger partial charge in [0.15, 0.2) is 10.9 Å². The molecule has 0 saturated carbocycles. The molecule has 7 nitrogen and oxygen atoms in total. The Bertz CT molecular complexity index is 1170. The van der Waals surface area contributed by atoms with Gasteiger partial charge in [-0.1, -0.05) is 11.3 Å². The molecular formula is C20H12FN3O4S. The first-order valence-electron chi connectivity index (χ1n) is 8.38. The molecule has 0 atom stereocenters. The van der Waals surface area contributed by atoms with Gasteiger partial charge in [0, 0.05) is 17.7 Å². The lowest BCUT2D eigenvalue weighted by Crippen LogP contribution is -2.10. The average molecular weight is 409 g/mol. The second-order valence-electron chi connectivity index (χ2n) is 5.94. The van der Waals surface area contributed by atoms with Gasteiger partial charge in [-0.2, -0.15) is 0 Å². The average Bonchev–Trinajstić information content (AvgIpc) is 3.39. The number of thiazole rings is 1. The van der Waals surface area contributed by atoms with Gasteiger partial charge in [0.2, 0.25) is 0 Å². The van der Waals surface area contributed by atoms with E-state index >= 15 is 0 Å². The van der Waals surface area contributed by atoms with Crippen LogP contribution in [0.15, 0.2) is 71.3 Å². The number of aromatic nitrogens is 1. The maximum absolute atomic E-state index is 13.3. The number of carbonyl (C=O) groups excluding carboxylic acids is 1. The number of benzene rings is 2. The van der Waals surface area contributed by atoms with Crippen LogP contribution in [0, 0.1) is 15.9 Å². The Kier molecular flexibility index (Phi) is 4.88. The Hall–Kier alpha value is -3.85. The highest BCUT2D eigenvalue weighted by Gasteiger charge is 2.19. The monoisotopic (exact) mass is 409 g/mol. The van der Waals surface area contributed by atoms with E-state index in [1.54, 1.807) is 30.3 Å². The Labute approximate surface area is 167 Å². The number of halogens is 1. The molecule has 2 heterocycles. The predicted molar refractivity (Wildman–Crippen MR) is 106 cm³/mol. The maximum atomic E-state index is 13.3. The van der Waals surface area contributed by atoms with E-state index < -0.39 is 10.8 Å². The van der Waals surface area contributed by atoms with Gasteiger partial charge >= 0.3 is 0 Å². The number of nitro benzene ring substituents is 1. The van der Waals surface area contributed by atoms with Crippen molar-refractivity contribution in [2.75, 3.05) is 5.32 Å². The van der Waals surface area contributed by atoms with Crippen LogP contribution in [0.1, 0.15) is 10.6 Å². The summed E-state index contributed by atoms with van der Waals surface area (Å²) in [7, 11) is 0. The molecule has 0 aliphatic carbocycles. The molecular weight excluding hydrogens is 397 g/mol. The summed E-state index contributed by atoms with van der Waals surface area (Å²) in [6.07, 6.45) is 1.39. The Balaban J connectivity index is 1.75. The van der Waals surface area contributed by atoms with Gasteiger partial charge in [0.1, 0.15) is 5.82 Å². The number of nitro groups is 1. The fourth-order valence-electron chi connectivity index (χ4n) is 2.67. The van der Waals surface area contributed by atoms with Crippen molar-refractivity contribution in [2.24, 2.45) is 0 Å². The Morgan fingerprint density at radius 1 is 1.07 bits per heavy atom. The van der Waals surface area contributed by atoms with E-state index in [1.165, 1.54) is 47.9 Å². The first-order valence-corrected chi connectivity index (χ1v) is 9.19.